The van der Waals surface area contributed by atoms with E-state index in [9.17, 15) is 4.79 Å². The second-order valence-electron chi connectivity index (χ2n) is 4.87. The highest BCUT2D eigenvalue weighted by Gasteiger charge is 2.26. The van der Waals surface area contributed by atoms with Crippen LogP contribution in [0.25, 0.3) is 0 Å². The van der Waals surface area contributed by atoms with Gasteiger partial charge in [-0.1, -0.05) is 0 Å². The van der Waals surface area contributed by atoms with Crippen molar-refractivity contribution in [1.29, 1.82) is 0 Å². The monoisotopic (exact) mass is 227 g/mol. The molecular formula is C12H25N3O. The summed E-state index contributed by atoms with van der Waals surface area (Å²) in [5.74, 6) is 0.781. The lowest BCUT2D eigenvalue weighted by Gasteiger charge is -2.37. The Kier molecular flexibility index (Phi) is 5.22. The minimum absolute atomic E-state index is 0.215. The van der Waals surface area contributed by atoms with E-state index in [2.05, 4.69) is 11.8 Å². The van der Waals surface area contributed by atoms with E-state index in [1.165, 1.54) is 6.42 Å². The number of nitrogens with two attached hydrogens (primary N) is 1. The summed E-state index contributed by atoms with van der Waals surface area (Å²) >= 11 is 0. The maximum absolute atomic E-state index is 11.8. The van der Waals surface area contributed by atoms with Crippen LogP contribution in [0.15, 0.2) is 0 Å². The van der Waals surface area contributed by atoms with Gasteiger partial charge in [0.05, 0.1) is 6.54 Å². The molecule has 0 aromatic heterocycles. The normalized spacial score (nSPS) is 26.8. The van der Waals surface area contributed by atoms with Crippen molar-refractivity contribution in [3.63, 3.8) is 0 Å². The molecule has 1 fully saturated rings. The number of likely N-dealkylation sites (tertiary alicyclic amines) is 1. The first kappa shape index (κ1) is 13.5. The van der Waals surface area contributed by atoms with Gasteiger partial charge in [-0.3, -0.25) is 9.69 Å². The maximum Gasteiger partial charge on any atom is 0.236 e. The predicted molar refractivity (Wildman–Crippen MR) is 66.1 cm³/mol. The number of carbonyl (C=O) groups is 1. The summed E-state index contributed by atoms with van der Waals surface area (Å²) in [7, 11) is 1.86. The van der Waals surface area contributed by atoms with Crippen molar-refractivity contribution in [3.05, 3.63) is 0 Å². The number of nitrogens with zero attached hydrogens (tertiary/aromatic N) is 2. The smallest absolute Gasteiger partial charge is 0.236 e. The van der Waals surface area contributed by atoms with Crippen LogP contribution >= 0.6 is 0 Å². The Hall–Kier alpha value is -0.610. The van der Waals surface area contributed by atoms with Crippen LogP contribution in [0.1, 0.15) is 26.7 Å². The highest BCUT2D eigenvalue weighted by atomic mass is 16.2. The average molecular weight is 227 g/mol. The molecule has 2 N–H and O–H groups in total. The van der Waals surface area contributed by atoms with Gasteiger partial charge in [0.2, 0.25) is 5.91 Å². The molecule has 0 aromatic rings. The van der Waals surface area contributed by atoms with E-state index in [4.69, 9.17) is 5.73 Å². The number of rotatable bonds is 4. The summed E-state index contributed by atoms with van der Waals surface area (Å²) in [4.78, 5) is 15.9. The van der Waals surface area contributed by atoms with E-state index in [0.29, 0.717) is 18.5 Å². The molecule has 1 amide bonds. The largest absolute Gasteiger partial charge is 0.345 e. The van der Waals surface area contributed by atoms with E-state index in [-0.39, 0.29) is 5.91 Å². The van der Waals surface area contributed by atoms with Crippen LogP contribution in [0.4, 0.5) is 0 Å². The molecule has 16 heavy (non-hydrogen) atoms. The lowest BCUT2D eigenvalue weighted by atomic mass is 9.93. The Morgan fingerprint density at radius 1 is 1.50 bits per heavy atom. The highest BCUT2D eigenvalue weighted by molar-refractivity contribution is 5.77. The zero-order valence-corrected chi connectivity index (χ0v) is 10.8. The minimum atomic E-state index is 0.215. The molecular weight excluding hydrogens is 202 g/mol. The van der Waals surface area contributed by atoms with Crippen LogP contribution in [0.3, 0.4) is 0 Å². The topological polar surface area (TPSA) is 49.6 Å². The van der Waals surface area contributed by atoms with Crippen molar-refractivity contribution in [2.75, 3.05) is 33.2 Å². The Labute approximate surface area is 98.8 Å². The van der Waals surface area contributed by atoms with E-state index in [1.54, 1.807) is 4.90 Å². The lowest BCUT2D eigenvalue weighted by Crippen LogP contribution is -2.48. The van der Waals surface area contributed by atoms with Crippen LogP contribution in [-0.2, 0) is 4.79 Å². The van der Waals surface area contributed by atoms with Crippen molar-refractivity contribution in [3.8, 4) is 0 Å². The van der Waals surface area contributed by atoms with Gasteiger partial charge in [0.25, 0.3) is 0 Å². The first-order valence-corrected chi connectivity index (χ1v) is 6.26. The van der Waals surface area contributed by atoms with Crippen LogP contribution in [0.2, 0.25) is 0 Å². The molecule has 0 bridgehead atoms. The fraction of sp³-hybridized carbons (Fsp3) is 0.917. The van der Waals surface area contributed by atoms with Crippen LogP contribution < -0.4 is 5.73 Å². The average Bonchev–Trinajstić information content (AvgIpc) is 2.30. The first-order valence-electron chi connectivity index (χ1n) is 6.26. The molecule has 94 valence electrons. The fourth-order valence-electron chi connectivity index (χ4n) is 2.15. The number of piperidine rings is 1. The summed E-state index contributed by atoms with van der Waals surface area (Å²) in [5.41, 5.74) is 5.71. The molecule has 1 rings (SSSR count). The molecule has 4 heteroatoms. The van der Waals surface area contributed by atoms with E-state index in [1.807, 2.05) is 14.0 Å². The minimum Gasteiger partial charge on any atom is -0.345 e. The van der Waals surface area contributed by atoms with E-state index in [0.717, 1.165) is 26.1 Å². The second-order valence-corrected chi connectivity index (χ2v) is 4.87. The molecule has 2 atom stereocenters. The van der Waals surface area contributed by atoms with E-state index >= 15 is 0 Å². The van der Waals surface area contributed by atoms with Gasteiger partial charge in [0.15, 0.2) is 0 Å². The zero-order valence-electron chi connectivity index (χ0n) is 10.8. The third-order valence-electron chi connectivity index (χ3n) is 3.68. The van der Waals surface area contributed by atoms with Crippen LogP contribution in [-0.4, -0.2) is 55.0 Å². The van der Waals surface area contributed by atoms with Crippen LogP contribution in [0, 0.1) is 5.92 Å². The van der Waals surface area contributed by atoms with Crippen molar-refractivity contribution in [2.45, 2.75) is 32.7 Å². The van der Waals surface area contributed by atoms with Gasteiger partial charge < -0.3 is 10.6 Å². The molecule has 0 aromatic carbocycles. The van der Waals surface area contributed by atoms with Crippen molar-refractivity contribution in [1.82, 2.24) is 9.80 Å². The molecule has 0 spiro atoms. The van der Waals surface area contributed by atoms with Crippen LogP contribution in [0.5, 0.6) is 0 Å². The standard InChI is InChI=1S/C12H25N3O/c1-4-14(3)12(16)9-15-8-11(7-13)6-5-10(15)2/h10-11H,4-9,13H2,1-3H3. The third kappa shape index (κ3) is 3.46. The number of hydrogen-bond donors (Lipinski definition) is 1. The van der Waals surface area contributed by atoms with Gasteiger partial charge in [0.1, 0.15) is 0 Å². The molecule has 0 radical (unpaired) electrons. The second kappa shape index (κ2) is 6.21. The molecule has 1 saturated heterocycles. The Balaban J connectivity index is 2.47. The van der Waals surface area contributed by atoms with E-state index < -0.39 is 0 Å². The highest BCUT2D eigenvalue weighted by Crippen LogP contribution is 2.20. The van der Waals surface area contributed by atoms with Gasteiger partial charge in [-0.15, -0.1) is 0 Å². The lowest BCUT2D eigenvalue weighted by molar-refractivity contribution is -0.132. The Morgan fingerprint density at radius 2 is 2.19 bits per heavy atom. The van der Waals surface area contributed by atoms with Crippen molar-refractivity contribution in [2.24, 2.45) is 11.7 Å². The fourth-order valence-corrected chi connectivity index (χ4v) is 2.15. The molecule has 4 nitrogen and oxygen atoms in total. The van der Waals surface area contributed by atoms with Crippen molar-refractivity contribution < 1.29 is 4.79 Å². The Bertz CT molecular complexity index is 232. The number of likely N-dealkylation sites (N-methyl/N-ethyl adjacent to an activating group) is 1. The van der Waals surface area contributed by atoms with Gasteiger partial charge in [-0.2, -0.15) is 0 Å². The molecule has 1 aliphatic rings. The summed E-state index contributed by atoms with van der Waals surface area (Å²) in [6, 6.07) is 0.511. The molecule has 1 heterocycles. The number of hydrogen-bond acceptors (Lipinski definition) is 3. The third-order valence-corrected chi connectivity index (χ3v) is 3.68. The number of amides is 1. The zero-order chi connectivity index (χ0) is 12.1. The summed E-state index contributed by atoms with van der Waals surface area (Å²) in [6.45, 7) is 7.23. The Morgan fingerprint density at radius 3 is 2.75 bits per heavy atom. The molecule has 0 saturated carbocycles. The summed E-state index contributed by atoms with van der Waals surface area (Å²) in [5, 5.41) is 0. The predicted octanol–water partition coefficient (Wildman–Crippen LogP) is 0.524. The van der Waals surface area contributed by atoms with Crippen molar-refractivity contribution >= 4 is 5.91 Å². The van der Waals surface area contributed by atoms with Gasteiger partial charge in [-0.05, 0) is 39.2 Å². The number of carbonyl (C=O) groups excluding carboxylic acids is 1. The quantitative estimate of drug-likeness (QED) is 0.762. The van der Waals surface area contributed by atoms with Gasteiger partial charge in [0, 0.05) is 26.2 Å². The molecule has 2 unspecified atom stereocenters. The molecule has 0 aliphatic carbocycles. The summed E-state index contributed by atoms with van der Waals surface area (Å²) < 4.78 is 0. The molecule has 1 aliphatic heterocycles. The van der Waals surface area contributed by atoms with Gasteiger partial charge in [-0.25, -0.2) is 0 Å². The van der Waals surface area contributed by atoms with Gasteiger partial charge >= 0.3 is 0 Å². The first-order chi connectivity index (χ1) is 7.58. The maximum atomic E-state index is 11.8. The summed E-state index contributed by atoms with van der Waals surface area (Å²) in [6.07, 6.45) is 2.36. The SMILES string of the molecule is CCN(C)C(=O)CN1CC(CN)CCC1C.